The molecule has 1 atom stereocenters. The van der Waals surface area contributed by atoms with Crippen LogP contribution in [0.3, 0.4) is 0 Å². The molecule has 34 heavy (non-hydrogen) atoms. The summed E-state index contributed by atoms with van der Waals surface area (Å²) in [4.78, 5) is 25.4. The zero-order valence-electron chi connectivity index (χ0n) is 19.4. The standard InChI is InChI=1S/C26H27N5O2S/c1-17(2)23(28-25(33)19-11-5-4-6-12-19)24-29-30-26(31(24)3)34-16-22(32)27-21-15-9-13-18-10-7-8-14-20(18)21/h4-15,17,23H,16H2,1-3H3,(H,27,32)(H,28,33)/t23-/m1/s1. The number of carbonyl (C=O) groups is 2. The van der Waals surface area contributed by atoms with Crippen LogP contribution >= 0.6 is 11.8 Å². The van der Waals surface area contributed by atoms with Gasteiger partial charge in [-0.3, -0.25) is 9.59 Å². The van der Waals surface area contributed by atoms with Gasteiger partial charge < -0.3 is 15.2 Å². The molecule has 3 aromatic carbocycles. The Morgan fingerprint density at radius 2 is 1.65 bits per heavy atom. The van der Waals surface area contributed by atoms with Gasteiger partial charge in [-0.25, -0.2) is 0 Å². The molecular weight excluding hydrogens is 446 g/mol. The molecular formula is C26H27N5O2S. The number of fused-ring (bicyclic) bond motifs is 1. The topological polar surface area (TPSA) is 88.9 Å². The molecule has 2 amide bonds. The van der Waals surface area contributed by atoms with Gasteiger partial charge in [0.25, 0.3) is 5.91 Å². The highest BCUT2D eigenvalue weighted by Crippen LogP contribution is 2.26. The maximum atomic E-state index is 12.7. The number of nitrogens with one attached hydrogen (secondary N) is 2. The minimum Gasteiger partial charge on any atom is -0.342 e. The Morgan fingerprint density at radius 3 is 2.41 bits per heavy atom. The molecule has 0 saturated heterocycles. The predicted octanol–water partition coefficient (Wildman–Crippen LogP) is 4.83. The summed E-state index contributed by atoms with van der Waals surface area (Å²) in [5.74, 6) is 0.659. The number of aromatic nitrogens is 3. The number of thioether (sulfide) groups is 1. The van der Waals surface area contributed by atoms with Gasteiger partial charge in [-0.15, -0.1) is 10.2 Å². The van der Waals surface area contributed by atoms with Gasteiger partial charge in [0.05, 0.1) is 11.8 Å². The van der Waals surface area contributed by atoms with Crippen molar-refractivity contribution in [2.45, 2.75) is 25.0 Å². The summed E-state index contributed by atoms with van der Waals surface area (Å²) in [5, 5.41) is 17.3. The molecule has 2 N–H and O–H groups in total. The number of nitrogens with zero attached hydrogens (tertiary/aromatic N) is 3. The lowest BCUT2D eigenvalue weighted by molar-refractivity contribution is -0.113. The smallest absolute Gasteiger partial charge is 0.251 e. The molecule has 0 fully saturated rings. The number of rotatable bonds is 8. The van der Waals surface area contributed by atoms with Crippen molar-refractivity contribution < 1.29 is 9.59 Å². The largest absolute Gasteiger partial charge is 0.342 e. The third-order valence-corrected chi connectivity index (χ3v) is 6.55. The lowest BCUT2D eigenvalue weighted by atomic mass is 10.0. The van der Waals surface area contributed by atoms with E-state index in [1.54, 1.807) is 12.1 Å². The lowest BCUT2D eigenvalue weighted by Crippen LogP contribution is -2.33. The molecule has 0 radical (unpaired) electrons. The van der Waals surface area contributed by atoms with Crippen molar-refractivity contribution in [2.24, 2.45) is 13.0 Å². The molecule has 0 unspecified atom stereocenters. The number of hydrogen-bond acceptors (Lipinski definition) is 5. The van der Waals surface area contributed by atoms with E-state index in [9.17, 15) is 9.59 Å². The first-order valence-corrected chi connectivity index (χ1v) is 12.1. The fraction of sp³-hybridized carbons (Fsp3) is 0.231. The molecule has 4 rings (SSSR count). The third kappa shape index (κ3) is 5.28. The highest BCUT2D eigenvalue weighted by molar-refractivity contribution is 7.99. The Labute approximate surface area is 203 Å². The average molecular weight is 474 g/mol. The van der Waals surface area contributed by atoms with E-state index >= 15 is 0 Å². The van der Waals surface area contributed by atoms with Crippen molar-refractivity contribution in [3.63, 3.8) is 0 Å². The molecule has 0 aliphatic carbocycles. The fourth-order valence-electron chi connectivity index (χ4n) is 3.72. The molecule has 0 aliphatic rings. The fourth-order valence-corrected chi connectivity index (χ4v) is 4.44. The second-order valence-corrected chi connectivity index (χ2v) is 9.27. The SMILES string of the molecule is CC(C)[C@@H](NC(=O)c1ccccc1)c1nnc(SCC(=O)Nc2cccc3ccccc23)n1C. The van der Waals surface area contributed by atoms with Gasteiger partial charge in [-0.05, 0) is 29.5 Å². The van der Waals surface area contributed by atoms with Crippen LogP contribution in [0.15, 0.2) is 78.0 Å². The van der Waals surface area contributed by atoms with Crippen LogP contribution in [0.4, 0.5) is 5.69 Å². The Balaban J connectivity index is 1.43. The first kappa shape index (κ1) is 23.5. The van der Waals surface area contributed by atoms with E-state index in [1.165, 1.54) is 11.8 Å². The molecule has 0 aliphatic heterocycles. The van der Waals surface area contributed by atoms with E-state index < -0.39 is 0 Å². The average Bonchev–Trinajstić information content (AvgIpc) is 3.21. The van der Waals surface area contributed by atoms with E-state index in [0.29, 0.717) is 16.5 Å². The van der Waals surface area contributed by atoms with Gasteiger partial charge in [0, 0.05) is 23.7 Å². The summed E-state index contributed by atoms with van der Waals surface area (Å²) in [6.45, 7) is 4.05. The monoisotopic (exact) mass is 473 g/mol. The molecule has 4 aromatic rings. The minimum absolute atomic E-state index is 0.100. The maximum absolute atomic E-state index is 12.7. The molecule has 174 valence electrons. The van der Waals surface area contributed by atoms with Crippen LogP contribution in [0.5, 0.6) is 0 Å². The van der Waals surface area contributed by atoms with Crippen LogP contribution in [-0.2, 0) is 11.8 Å². The maximum Gasteiger partial charge on any atom is 0.251 e. The summed E-state index contributed by atoms with van der Waals surface area (Å²) >= 11 is 1.31. The molecule has 0 spiro atoms. The molecule has 8 heteroatoms. The molecule has 0 saturated carbocycles. The van der Waals surface area contributed by atoms with Crippen LogP contribution in [-0.4, -0.2) is 32.3 Å². The normalized spacial score (nSPS) is 12.0. The number of carbonyl (C=O) groups excluding carboxylic acids is 2. The van der Waals surface area contributed by atoms with Gasteiger partial charge in [0.15, 0.2) is 11.0 Å². The number of benzene rings is 3. The van der Waals surface area contributed by atoms with Crippen LogP contribution in [0.1, 0.15) is 36.1 Å². The Hall–Kier alpha value is -3.65. The van der Waals surface area contributed by atoms with E-state index in [-0.39, 0.29) is 29.5 Å². The Bertz CT molecular complexity index is 1300. The van der Waals surface area contributed by atoms with Crippen molar-refractivity contribution in [1.82, 2.24) is 20.1 Å². The quantitative estimate of drug-likeness (QED) is 0.358. The second-order valence-electron chi connectivity index (χ2n) is 8.32. The minimum atomic E-state index is -0.316. The van der Waals surface area contributed by atoms with Gasteiger partial charge in [-0.1, -0.05) is 80.2 Å². The molecule has 7 nitrogen and oxygen atoms in total. The van der Waals surface area contributed by atoms with Crippen molar-refractivity contribution in [2.75, 3.05) is 11.1 Å². The van der Waals surface area contributed by atoms with Crippen molar-refractivity contribution in [3.05, 3.63) is 84.2 Å². The van der Waals surface area contributed by atoms with E-state index in [1.807, 2.05) is 86.1 Å². The highest BCUT2D eigenvalue weighted by Gasteiger charge is 2.25. The number of hydrogen-bond donors (Lipinski definition) is 2. The summed E-state index contributed by atoms with van der Waals surface area (Å²) < 4.78 is 1.84. The zero-order valence-corrected chi connectivity index (χ0v) is 20.2. The van der Waals surface area contributed by atoms with Crippen molar-refractivity contribution in [1.29, 1.82) is 0 Å². The van der Waals surface area contributed by atoms with Crippen LogP contribution in [0.25, 0.3) is 10.8 Å². The summed E-state index contributed by atoms with van der Waals surface area (Å²) in [6, 6.07) is 22.6. The first-order valence-electron chi connectivity index (χ1n) is 11.1. The van der Waals surface area contributed by atoms with Gasteiger partial charge in [0.1, 0.15) is 0 Å². The summed E-state index contributed by atoms with van der Waals surface area (Å²) in [6.07, 6.45) is 0. The number of anilines is 1. The van der Waals surface area contributed by atoms with Gasteiger partial charge in [-0.2, -0.15) is 0 Å². The van der Waals surface area contributed by atoms with Gasteiger partial charge in [0.2, 0.25) is 5.91 Å². The number of amides is 2. The second kappa shape index (κ2) is 10.5. The first-order chi connectivity index (χ1) is 16.4. The molecule has 1 heterocycles. The third-order valence-electron chi connectivity index (χ3n) is 5.53. The molecule has 1 aromatic heterocycles. The van der Waals surface area contributed by atoms with E-state index in [0.717, 1.165) is 16.5 Å². The van der Waals surface area contributed by atoms with E-state index in [4.69, 9.17) is 0 Å². The highest BCUT2D eigenvalue weighted by atomic mass is 32.2. The predicted molar refractivity (Wildman–Crippen MR) is 136 cm³/mol. The molecule has 0 bridgehead atoms. The zero-order chi connectivity index (χ0) is 24.1. The summed E-state index contributed by atoms with van der Waals surface area (Å²) in [5.41, 5.74) is 1.38. The van der Waals surface area contributed by atoms with Crippen molar-refractivity contribution >= 4 is 40.0 Å². The van der Waals surface area contributed by atoms with Gasteiger partial charge >= 0.3 is 0 Å². The van der Waals surface area contributed by atoms with Crippen LogP contribution in [0, 0.1) is 5.92 Å². The Morgan fingerprint density at radius 1 is 0.941 bits per heavy atom. The van der Waals surface area contributed by atoms with Crippen molar-refractivity contribution in [3.8, 4) is 0 Å². The summed E-state index contributed by atoms with van der Waals surface area (Å²) in [7, 11) is 1.85. The Kier molecular flexibility index (Phi) is 7.27. The lowest BCUT2D eigenvalue weighted by Gasteiger charge is -2.21. The van der Waals surface area contributed by atoms with E-state index in [2.05, 4.69) is 20.8 Å². The van der Waals surface area contributed by atoms with Crippen LogP contribution < -0.4 is 10.6 Å². The van der Waals surface area contributed by atoms with Crippen LogP contribution in [0.2, 0.25) is 0 Å².